The predicted octanol–water partition coefficient (Wildman–Crippen LogP) is 2.07. The summed E-state index contributed by atoms with van der Waals surface area (Å²) < 4.78 is 12.5. The quantitative estimate of drug-likeness (QED) is 0.932. The van der Waals surface area contributed by atoms with Crippen molar-refractivity contribution in [2.24, 2.45) is 0 Å². The van der Waals surface area contributed by atoms with Crippen LogP contribution in [-0.4, -0.2) is 54.4 Å². The van der Waals surface area contributed by atoms with Gasteiger partial charge in [-0.15, -0.1) is 0 Å². The number of anilines is 1. The molecule has 6 nitrogen and oxygen atoms in total. The lowest BCUT2D eigenvalue weighted by Crippen LogP contribution is -2.47. The van der Waals surface area contributed by atoms with E-state index >= 15 is 0 Å². The van der Waals surface area contributed by atoms with Gasteiger partial charge in [0.15, 0.2) is 10.9 Å². The first-order valence-electron chi connectivity index (χ1n) is 7.88. The lowest BCUT2D eigenvalue weighted by Gasteiger charge is -2.37. The van der Waals surface area contributed by atoms with Gasteiger partial charge in [-0.3, -0.25) is 9.69 Å². The maximum Gasteiger partial charge on any atom is 0.240 e. The molecule has 2 aromatic rings. The molecule has 0 radical (unpaired) electrons. The summed E-state index contributed by atoms with van der Waals surface area (Å²) in [5.41, 5.74) is 0.920. The van der Waals surface area contributed by atoms with Gasteiger partial charge in [0.1, 0.15) is 0 Å². The van der Waals surface area contributed by atoms with Crippen LogP contribution in [0.2, 0.25) is 0 Å². The van der Waals surface area contributed by atoms with Crippen LogP contribution in [0, 0.1) is 0 Å². The molecule has 0 bridgehead atoms. The molecule has 0 saturated carbocycles. The minimum Gasteiger partial charge on any atom is -0.347 e. The summed E-state index contributed by atoms with van der Waals surface area (Å²) in [6, 6.07) is 7.88. The molecule has 1 spiro atoms. The van der Waals surface area contributed by atoms with Gasteiger partial charge in [0.05, 0.1) is 30.0 Å². The summed E-state index contributed by atoms with van der Waals surface area (Å²) in [6.07, 6.45) is 1.64. The Morgan fingerprint density at radius 3 is 2.74 bits per heavy atom. The predicted molar refractivity (Wildman–Crippen MR) is 88.6 cm³/mol. The fourth-order valence-electron chi connectivity index (χ4n) is 3.13. The van der Waals surface area contributed by atoms with Gasteiger partial charge in [-0.25, -0.2) is 4.98 Å². The van der Waals surface area contributed by atoms with Crippen molar-refractivity contribution >= 4 is 32.6 Å². The molecule has 0 aliphatic carbocycles. The van der Waals surface area contributed by atoms with E-state index in [1.165, 1.54) is 11.3 Å². The summed E-state index contributed by atoms with van der Waals surface area (Å²) in [5.74, 6) is -0.409. The van der Waals surface area contributed by atoms with E-state index in [1.807, 2.05) is 24.3 Å². The van der Waals surface area contributed by atoms with Crippen molar-refractivity contribution in [2.45, 2.75) is 18.6 Å². The first-order valence-corrected chi connectivity index (χ1v) is 8.70. The Labute approximate surface area is 138 Å². The standard InChI is InChI=1S/C16H19N3O3S/c20-14(18-15-17-12-3-1-2-4-13(12)23-15)11-19-7-5-16(6-8-19)21-9-10-22-16/h1-4H,5-11H2,(H,17,18,20). The highest BCUT2D eigenvalue weighted by atomic mass is 32.1. The second-order valence-electron chi connectivity index (χ2n) is 5.92. The van der Waals surface area contributed by atoms with Crippen LogP contribution in [-0.2, 0) is 14.3 Å². The molecule has 7 heteroatoms. The molecule has 2 saturated heterocycles. The zero-order valence-corrected chi connectivity index (χ0v) is 13.6. The van der Waals surface area contributed by atoms with Crippen LogP contribution in [0.3, 0.4) is 0 Å². The Balaban J connectivity index is 1.32. The molecule has 1 aromatic carbocycles. The molecule has 4 rings (SSSR count). The molecule has 0 unspecified atom stereocenters. The molecule has 3 heterocycles. The Morgan fingerprint density at radius 2 is 2.00 bits per heavy atom. The van der Waals surface area contributed by atoms with E-state index in [0.29, 0.717) is 24.9 Å². The molecule has 0 atom stereocenters. The number of rotatable bonds is 3. The molecule has 2 aliphatic heterocycles. The summed E-state index contributed by atoms with van der Waals surface area (Å²) in [4.78, 5) is 18.8. The maximum atomic E-state index is 12.2. The largest absolute Gasteiger partial charge is 0.347 e. The van der Waals surface area contributed by atoms with Gasteiger partial charge in [0, 0.05) is 25.9 Å². The molecule has 1 N–H and O–H groups in total. The fourth-order valence-corrected chi connectivity index (χ4v) is 4.01. The number of benzene rings is 1. The van der Waals surface area contributed by atoms with Gasteiger partial charge in [0.2, 0.25) is 5.91 Å². The van der Waals surface area contributed by atoms with Crippen LogP contribution >= 0.6 is 11.3 Å². The summed E-state index contributed by atoms with van der Waals surface area (Å²) in [7, 11) is 0. The van der Waals surface area contributed by atoms with E-state index < -0.39 is 0 Å². The number of fused-ring (bicyclic) bond motifs is 1. The Hall–Kier alpha value is -1.54. The highest BCUT2D eigenvalue weighted by Gasteiger charge is 2.39. The van der Waals surface area contributed by atoms with Crippen LogP contribution in [0.1, 0.15) is 12.8 Å². The van der Waals surface area contributed by atoms with E-state index in [4.69, 9.17) is 9.47 Å². The molecule has 1 amide bonds. The Morgan fingerprint density at radius 1 is 1.26 bits per heavy atom. The third-order valence-corrected chi connectivity index (χ3v) is 5.29. The third-order valence-electron chi connectivity index (χ3n) is 4.34. The molecular formula is C16H19N3O3S. The average molecular weight is 333 g/mol. The van der Waals surface area contributed by atoms with Gasteiger partial charge in [-0.05, 0) is 12.1 Å². The van der Waals surface area contributed by atoms with Gasteiger partial charge in [0.25, 0.3) is 0 Å². The van der Waals surface area contributed by atoms with Crippen molar-refractivity contribution in [3.63, 3.8) is 0 Å². The number of hydrogen-bond donors (Lipinski definition) is 1. The van der Waals surface area contributed by atoms with Crippen LogP contribution in [0.15, 0.2) is 24.3 Å². The number of nitrogens with one attached hydrogen (secondary N) is 1. The van der Waals surface area contributed by atoms with Gasteiger partial charge >= 0.3 is 0 Å². The SMILES string of the molecule is O=C(CN1CCC2(CC1)OCCO2)Nc1nc2ccccc2s1. The summed E-state index contributed by atoms with van der Waals surface area (Å²) >= 11 is 1.50. The van der Waals surface area contributed by atoms with Crippen LogP contribution in [0.4, 0.5) is 5.13 Å². The third kappa shape index (κ3) is 3.23. The second-order valence-corrected chi connectivity index (χ2v) is 6.95. The topological polar surface area (TPSA) is 63.7 Å². The number of nitrogens with zero attached hydrogens (tertiary/aromatic N) is 2. The number of aromatic nitrogens is 1. The summed E-state index contributed by atoms with van der Waals surface area (Å²) in [6.45, 7) is 3.36. The van der Waals surface area contributed by atoms with Crippen molar-refractivity contribution in [3.8, 4) is 0 Å². The normalized spacial score (nSPS) is 21.0. The number of thiazole rings is 1. The van der Waals surface area contributed by atoms with Gasteiger partial charge in [-0.2, -0.15) is 0 Å². The van der Waals surface area contributed by atoms with Crippen LogP contribution in [0.25, 0.3) is 10.2 Å². The number of para-hydroxylation sites is 1. The molecule has 2 fully saturated rings. The lowest BCUT2D eigenvalue weighted by molar-refractivity contribution is -0.185. The molecule has 1 aromatic heterocycles. The number of amides is 1. The number of ether oxygens (including phenoxy) is 2. The van der Waals surface area contributed by atoms with Crippen molar-refractivity contribution in [1.29, 1.82) is 0 Å². The highest BCUT2D eigenvalue weighted by Crippen LogP contribution is 2.31. The van der Waals surface area contributed by atoms with Crippen molar-refractivity contribution in [1.82, 2.24) is 9.88 Å². The first-order chi connectivity index (χ1) is 11.2. The van der Waals surface area contributed by atoms with Crippen LogP contribution in [0.5, 0.6) is 0 Å². The summed E-state index contributed by atoms with van der Waals surface area (Å²) in [5, 5.41) is 3.56. The molecule has 23 heavy (non-hydrogen) atoms. The van der Waals surface area contributed by atoms with E-state index in [-0.39, 0.29) is 11.7 Å². The van der Waals surface area contributed by atoms with E-state index in [2.05, 4.69) is 15.2 Å². The zero-order chi connectivity index (χ0) is 15.7. The smallest absolute Gasteiger partial charge is 0.240 e. The van der Waals surface area contributed by atoms with Crippen molar-refractivity contribution in [2.75, 3.05) is 38.2 Å². The van der Waals surface area contributed by atoms with E-state index in [1.54, 1.807) is 0 Å². The number of piperidine rings is 1. The Kier molecular flexibility index (Phi) is 4.02. The van der Waals surface area contributed by atoms with E-state index in [0.717, 1.165) is 36.1 Å². The highest BCUT2D eigenvalue weighted by molar-refractivity contribution is 7.22. The molecule has 2 aliphatic rings. The van der Waals surface area contributed by atoms with Crippen LogP contribution < -0.4 is 5.32 Å². The van der Waals surface area contributed by atoms with Gasteiger partial charge in [-0.1, -0.05) is 23.5 Å². The zero-order valence-electron chi connectivity index (χ0n) is 12.8. The average Bonchev–Trinajstić information content (AvgIpc) is 3.16. The first kappa shape index (κ1) is 15.0. The van der Waals surface area contributed by atoms with Crippen molar-refractivity contribution in [3.05, 3.63) is 24.3 Å². The lowest BCUT2D eigenvalue weighted by atomic mass is 10.0. The number of carbonyl (C=O) groups excluding carboxylic acids is 1. The Bertz CT molecular complexity index is 668. The minimum absolute atomic E-state index is 0.0201. The number of likely N-dealkylation sites (tertiary alicyclic amines) is 1. The number of hydrogen-bond acceptors (Lipinski definition) is 6. The molecule has 122 valence electrons. The maximum absolute atomic E-state index is 12.2. The van der Waals surface area contributed by atoms with E-state index in [9.17, 15) is 4.79 Å². The molecular weight excluding hydrogens is 314 g/mol. The van der Waals surface area contributed by atoms with Crippen molar-refractivity contribution < 1.29 is 14.3 Å². The second kappa shape index (κ2) is 6.16. The fraction of sp³-hybridized carbons (Fsp3) is 0.500. The number of carbonyl (C=O) groups is 1. The monoisotopic (exact) mass is 333 g/mol. The minimum atomic E-state index is -0.389. The van der Waals surface area contributed by atoms with Gasteiger partial charge < -0.3 is 14.8 Å².